The van der Waals surface area contributed by atoms with E-state index in [-0.39, 0.29) is 11.5 Å². The molecule has 6 heteroatoms. The lowest BCUT2D eigenvalue weighted by molar-refractivity contribution is -0.384. The van der Waals surface area contributed by atoms with E-state index in [9.17, 15) is 14.9 Å². The summed E-state index contributed by atoms with van der Waals surface area (Å²) in [5.41, 5.74) is 2.08. The van der Waals surface area contributed by atoms with Crippen LogP contribution in [0.4, 0.5) is 5.69 Å². The van der Waals surface area contributed by atoms with E-state index < -0.39 is 4.92 Å². The molecule has 0 spiro atoms. The zero-order valence-electron chi connectivity index (χ0n) is 11.8. The standard InChI is InChI=1S/C17H11ClN2O3/c18-12-4-7-14-15(10-19-16(14)9-12)17(21)8-3-11-1-5-13(6-2-11)20(22)23/h1-10,19H/b8-3+. The number of allylic oxidation sites excluding steroid dienone is 1. The number of benzene rings is 2. The Kier molecular flexibility index (Phi) is 3.95. The first-order chi connectivity index (χ1) is 11.0. The molecule has 0 atom stereocenters. The van der Waals surface area contributed by atoms with Crippen molar-refractivity contribution in [2.45, 2.75) is 0 Å². The van der Waals surface area contributed by atoms with Crippen molar-refractivity contribution in [3.8, 4) is 0 Å². The minimum Gasteiger partial charge on any atom is -0.360 e. The van der Waals surface area contributed by atoms with E-state index in [0.717, 1.165) is 10.9 Å². The maximum Gasteiger partial charge on any atom is 0.269 e. The Morgan fingerprint density at radius 2 is 1.91 bits per heavy atom. The Labute approximate surface area is 136 Å². The molecule has 0 radical (unpaired) electrons. The predicted octanol–water partition coefficient (Wildman–Crippen LogP) is 4.63. The molecule has 114 valence electrons. The molecule has 0 fully saturated rings. The second-order valence-electron chi connectivity index (χ2n) is 4.94. The molecule has 23 heavy (non-hydrogen) atoms. The van der Waals surface area contributed by atoms with Crippen LogP contribution in [-0.4, -0.2) is 15.7 Å². The SMILES string of the molecule is O=C(/C=C/c1ccc([N+](=O)[O-])cc1)c1c[nH]c2cc(Cl)ccc12. The number of nitro groups is 1. The molecular weight excluding hydrogens is 316 g/mol. The number of nitro benzene ring substituents is 1. The highest BCUT2D eigenvalue weighted by Gasteiger charge is 2.10. The third kappa shape index (κ3) is 3.14. The molecule has 0 unspecified atom stereocenters. The molecule has 2 aromatic carbocycles. The lowest BCUT2D eigenvalue weighted by Gasteiger charge is -1.96. The topological polar surface area (TPSA) is 76.0 Å². The molecule has 3 aromatic rings. The number of H-pyrrole nitrogens is 1. The summed E-state index contributed by atoms with van der Waals surface area (Å²) in [6.45, 7) is 0. The number of ketones is 1. The number of nitrogens with zero attached hydrogens (tertiary/aromatic N) is 1. The molecule has 0 saturated heterocycles. The van der Waals surface area contributed by atoms with Gasteiger partial charge in [-0.2, -0.15) is 0 Å². The summed E-state index contributed by atoms with van der Waals surface area (Å²) in [4.78, 5) is 25.5. The number of nitrogens with one attached hydrogen (secondary N) is 1. The van der Waals surface area contributed by atoms with E-state index >= 15 is 0 Å². The van der Waals surface area contributed by atoms with Crippen molar-refractivity contribution in [1.29, 1.82) is 0 Å². The molecule has 0 aliphatic carbocycles. The van der Waals surface area contributed by atoms with Crippen LogP contribution in [0.15, 0.2) is 54.7 Å². The number of non-ortho nitro benzene ring substituents is 1. The van der Waals surface area contributed by atoms with Gasteiger partial charge in [0.15, 0.2) is 5.78 Å². The number of aromatic amines is 1. The fraction of sp³-hybridized carbons (Fsp3) is 0. The van der Waals surface area contributed by atoms with Crippen molar-refractivity contribution in [2.24, 2.45) is 0 Å². The molecular formula is C17H11ClN2O3. The van der Waals surface area contributed by atoms with Gasteiger partial charge in [-0.1, -0.05) is 23.7 Å². The van der Waals surface area contributed by atoms with Gasteiger partial charge in [0, 0.05) is 39.8 Å². The lowest BCUT2D eigenvalue weighted by atomic mass is 10.1. The summed E-state index contributed by atoms with van der Waals surface area (Å²) >= 11 is 5.92. The average Bonchev–Trinajstić information content (AvgIpc) is 2.96. The van der Waals surface area contributed by atoms with E-state index in [1.807, 2.05) is 0 Å². The van der Waals surface area contributed by atoms with E-state index in [1.54, 1.807) is 42.6 Å². The second-order valence-corrected chi connectivity index (χ2v) is 5.37. The molecule has 0 bridgehead atoms. The minimum atomic E-state index is -0.463. The van der Waals surface area contributed by atoms with Crippen LogP contribution in [-0.2, 0) is 0 Å². The average molecular weight is 327 g/mol. The quantitative estimate of drug-likeness (QED) is 0.329. The van der Waals surface area contributed by atoms with Gasteiger partial charge in [-0.15, -0.1) is 0 Å². The number of aromatic nitrogens is 1. The summed E-state index contributed by atoms with van der Waals surface area (Å²) in [7, 11) is 0. The number of carbonyl (C=O) groups is 1. The molecule has 1 heterocycles. The first-order valence-corrected chi connectivity index (χ1v) is 7.16. The lowest BCUT2D eigenvalue weighted by Crippen LogP contribution is -1.92. The summed E-state index contributed by atoms with van der Waals surface area (Å²) in [6.07, 6.45) is 4.71. The molecule has 1 N–H and O–H groups in total. The molecule has 1 aromatic heterocycles. The van der Waals surface area contributed by atoms with Crippen LogP contribution in [0.3, 0.4) is 0 Å². The number of halogens is 1. The second kappa shape index (κ2) is 6.06. The molecule has 0 saturated carbocycles. The zero-order chi connectivity index (χ0) is 16.4. The van der Waals surface area contributed by atoms with Crippen molar-refractivity contribution in [3.63, 3.8) is 0 Å². The minimum absolute atomic E-state index is 0.0157. The largest absolute Gasteiger partial charge is 0.360 e. The molecule has 0 aliphatic rings. The maximum atomic E-state index is 12.3. The van der Waals surface area contributed by atoms with Crippen LogP contribution in [0.25, 0.3) is 17.0 Å². The normalized spacial score (nSPS) is 11.2. The fourth-order valence-corrected chi connectivity index (χ4v) is 2.44. The molecule has 3 rings (SSSR count). The van der Waals surface area contributed by atoms with Gasteiger partial charge in [-0.3, -0.25) is 14.9 Å². The van der Waals surface area contributed by atoms with Gasteiger partial charge in [0.2, 0.25) is 0 Å². The van der Waals surface area contributed by atoms with E-state index in [4.69, 9.17) is 11.6 Å². The Morgan fingerprint density at radius 1 is 1.17 bits per heavy atom. The van der Waals surface area contributed by atoms with Gasteiger partial charge in [0.25, 0.3) is 5.69 Å². The highest BCUT2D eigenvalue weighted by atomic mass is 35.5. The van der Waals surface area contributed by atoms with Crippen LogP contribution < -0.4 is 0 Å². The maximum absolute atomic E-state index is 12.3. The fourth-order valence-electron chi connectivity index (χ4n) is 2.27. The Morgan fingerprint density at radius 3 is 2.61 bits per heavy atom. The molecule has 5 nitrogen and oxygen atoms in total. The zero-order valence-corrected chi connectivity index (χ0v) is 12.6. The van der Waals surface area contributed by atoms with Crippen LogP contribution in [0.5, 0.6) is 0 Å². The first-order valence-electron chi connectivity index (χ1n) is 6.78. The third-order valence-electron chi connectivity index (χ3n) is 3.44. The van der Waals surface area contributed by atoms with Gasteiger partial charge in [-0.25, -0.2) is 0 Å². The van der Waals surface area contributed by atoms with E-state index in [2.05, 4.69) is 4.98 Å². The van der Waals surface area contributed by atoms with Crippen molar-refractivity contribution in [2.75, 3.05) is 0 Å². The third-order valence-corrected chi connectivity index (χ3v) is 3.68. The summed E-state index contributed by atoms with van der Waals surface area (Å²) in [6, 6.07) is 11.3. The van der Waals surface area contributed by atoms with Crippen molar-refractivity contribution in [3.05, 3.63) is 81.0 Å². The predicted molar refractivity (Wildman–Crippen MR) is 89.8 cm³/mol. The first kappa shape index (κ1) is 15.0. The number of fused-ring (bicyclic) bond motifs is 1. The highest BCUT2D eigenvalue weighted by molar-refractivity contribution is 6.31. The van der Waals surface area contributed by atoms with Gasteiger partial charge >= 0.3 is 0 Å². The van der Waals surface area contributed by atoms with Crippen LogP contribution in [0.2, 0.25) is 5.02 Å². The molecule has 0 amide bonds. The smallest absolute Gasteiger partial charge is 0.269 e. The Balaban J connectivity index is 1.83. The highest BCUT2D eigenvalue weighted by Crippen LogP contribution is 2.23. The summed E-state index contributed by atoms with van der Waals surface area (Å²) < 4.78 is 0. The van der Waals surface area contributed by atoms with Crippen LogP contribution >= 0.6 is 11.6 Å². The molecule has 0 aliphatic heterocycles. The number of hydrogen-bond donors (Lipinski definition) is 1. The number of hydrogen-bond acceptors (Lipinski definition) is 3. The van der Waals surface area contributed by atoms with Gasteiger partial charge in [0.1, 0.15) is 0 Å². The van der Waals surface area contributed by atoms with Crippen LogP contribution in [0.1, 0.15) is 15.9 Å². The summed E-state index contributed by atoms with van der Waals surface area (Å²) in [5.74, 6) is -0.156. The van der Waals surface area contributed by atoms with Crippen molar-refractivity contribution < 1.29 is 9.72 Å². The summed E-state index contributed by atoms with van der Waals surface area (Å²) in [5, 5.41) is 12.0. The monoisotopic (exact) mass is 326 g/mol. The van der Waals surface area contributed by atoms with E-state index in [1.165, 1.54) is 18.2 Å². The van der Waals surface area contributed by atoms with Crippen molar-refractivity contribution >= 4 is 40.1 Å². The van der Waals surface area contributed by atoms with Gasteiger partial charge < -0.3 is 4.98 Å². The number of carbonyl (C=O) groups excluding carboxylic acids is 1. The van der Waals surface area contributed by atoms with E-state index in [0.29, 0.717) is 16.1 Å². The van der Waals surface area contributed by atoms with Crippen molar-refractivity contribution in [1.82, 2.24) is 4.98 Å². The Bertz CT molecular complexity index is 927. The van der Waals surface area contributed by atoms with Crippen LogP contribution in [0, 0.1) is 10.1 Å². The number of rotatable bonds is 4. The Hall–Kier alpha value is -2.92. The van der Waals surface area contributed by atoms with Gasteiger partial charge in [-0.05, 0) is 35.9 Å². The van der Waals surface area contributed by atoms with Gasteiger partial charge in [0.05, 0.1) is 4.92 Å².